The standard InChI is InChI=1S/C16H26O2/c1-14(2)7-5-8-15(3)12-6-9-18-16(12,4)10-11(17)13(14)15/h12-13H,5-10H2,1-4H3/t12-,13+,15-,16-/m1/s1. The first-order valence-electron chi connectivity index (χ1n) is 7.46. The smallest absolute Gasteiger partial charge is 0.139 e. The highest BCUT2D eigenvalue weighted by atomic mass is 16.5. The third kappa shape index (κ3) is 1.47. The van der Waals surface area contributed by atoms with E-state index in [1.807, 2.05) is 0 Å². The van der Waals surface area contributed by atoms with Crippen LogP contribution in [0.1, 0.15) is 59.8 Å². The molecule has 3 rings (SSSR count). The summed E-state index contributed by atoms with van der Waals surface area (Å²) in [4.78, 5) is 12.7. The minimum Gasteiger partial charge on any atom is -0.375 e. The van der Waals surface area contributed by atoms with Gasteiger partial charge in [0.1, 0.15) is 5.78 Å². The van der Waals surface area contributed by atoms with Crippen LogP contribution in [0.2, 0.25) is 0 Å². The molecule has 0 aromatic carbocycles. The average Bonchev–Trinajstić information content (AvgIpc) is 2.58. The van der Waals surface area contributed by atoms with Crippen molar-refractivity contribution >= 4 is 5.78 Å². The SMILES string of the molecule is CC1(C)CCC[C@]2(C)[C@H]3CCO[C@]3(C)CC(=O)[C@@H]12. The topological polar surface area (TPSA) is 26.3 Å². The van der Waals surface area contributed by atoms with Gasteiger partial charge in [-0.3, -0.25) is 4.79 Å². The Morgan fingerprint density at radius 1 is 1.17 bits per heavy atom. The summed E-state index contributed by atoms with van der Waals surface area (Å²) >= 11 is 0. The Bertz CT molecular complexity index is 387. The Morgan fingerprint density at radius 3 is 2.61 bits per heavy atom. The van der Waals surface area contributed by atoms with E-state index in [0.29, 0.717) is 18.1 Å². The molecule has 2 aliphatic carbocycles. The van der Waals surface area contributed by atoms with Crippen molar-refractivity contribution in [3.63, 3.8) is 0 Å². The number of ketones is 1. The second-order valence-electron chi connectivity index (χ2n) is 7.93. The zero-order chi connectivity index (χ0) is 13.2. The van der Waals surface area contributed by atoms with Crippen LogP contribution < -0.4 is 0 Å². The van der Waals surface area contributed by atoms with Crippen molar-refractivity contribution < 1.29 is 9.53 Å². The van der Waals surface area contributed by atoms with Gasteiger partial charge in [-0.25, -0.2) is 0 Å². The van der Waals surface area contributed by atoms with Gasteiger partial charge < -0.3 is 4.74 Å². The van der Waals surface area contributed by atoms with Gasteiger partial charge in [0.15, 0.2) is 0 Å². The Hall–Kier alpha value is -0.370. The van der Waals surface area contributed by atoms with E-state index in [4.69, 9.17) is 4.74 Å². The Morgan fingerprint density at radius 2 is 1.89 bits per heavy atom. The molecule has 1 saturated heterocycles. The van der Waals surface area contributed by atoms with E-state index in [9.17, 15) is 4.79 Å². The molecule has 0 bridgehead atoms. The van der Waals surface area contributed by atoms with Crippen molar-refractivity contribution in [3.05, 3.63) is 0 Å². The molecule has 4 atom stereocenters. The highest BCUT2D eigenvalue weighted by Gasteiger charge is 2.63. The summed E-state index contributed by atoms with van der Waals surface area (Å²) in [6.07, 6.45) is 5.45. The lowest BCUT2D eigenvalue weighted by molar-refractivity contribution is -0.170. The molecule has 0 radical (unpaired) electrons. The lowest BCUT2D eigenvalue weighted by Crippen LogP contribution is -2.60. The summed E-state index contributed by atoms with van der Waals surface area (Å²) in [5, 5.41) is 0. The van der Waals surface area contributed by atoms with Crippen molar-refractivity contribution in [2.75, 3.05) is 6.61 Å². The van der Waals surface area contributed by atoms with Crippen LogP contribution in [0.3, 0.4) is 0 Å². The zero-order valence-electron chi connectivity index (χ0n) is 12.2. The lowest BCUT2D eigenvalue weighted by atomic mass is 9.45. The maximum atomic E-state index is 12.7. The number of rotatable bonds is 0. The van der Waals surface area contributed by atoms with E-state index in [1.54, 1.807) is 0 Å². The van der Waals surface area contributed by atoms with Crippen LogP contribution in [-0.4, -0.2) is 18.0 Å². The molecule has 102 valence electrons. The quantitative estimate of drug-likeness (QED) is 0.657. The van der Waals surface area contributed by atoms with Crippen molar-refractivity contribution in [3.8, 4) is 0 Å². The molecule has 2 nitrogen and oxygen atoms in total. The molecule has 0 spiro atoms. The summed E-state index contributed by atoms with van der Waals surface area (Å²) in [6, 6.07) is 0. The minimum absolute atomic E-state index is 0.169. The largest absolute Gasteiger partial charge is 0.375 e. The van der Waals surface area contributed by atoms with Gasteiger partial charge in [0, 0.05) is 18.9 Å². The fraction of sp³-hybridized carbons (Fsp3) is 0.938. The first kappa shape index (κ1) is 12.7. The highest BCUT2D eigenvalue weighted by molar-refractivity contribution is 5.85. The molecule has 2 heteroatoms. The van der Waals surface area contributed by atoms with Crippen molar-refractivity contribution in [1.29, 1.82) is 0 Å². The van der Waals surface area contributed by atoms with Gasteiger partial charge in [0.05, 0.1) is 5.60 Å². The van der Waals surface area contributed by atoms with E-state index >= 15 is 0 Å². The average molecular weight is 250 g/mol. The Balaban J connectivity index is 2.06. The van der Waals surface area contributed by atoms with Gasteiger partial charge in [-0.05, 0) is 42.9 Å². The normalized spacial score (nSPS) is 50.8. The number of hydrogen-bond acceptors (Lipinski definition) is 2. The maximum Gasteiger partial charge on any atom is 0.139 e. The predicted octanol–water partition coefficient (Wildman–Crippen LogP) is 3.59. The fourth-order valence-electron chi connectivity index (χ4n) is 5.75. The number of carbonyl (C=O) groups excluding carboxylic acids is 1. The van der Waals surface area contributed by atoms with Crippen LogP contribution >= 0.6 is 0 Å². The fourth-order valence-corrected chi connectivity index (χ4v) is 5.75. The monoisotopic (exact) mass is 250 g/mol. The predicted molar refractivity (Wildman–Crippen MR) is 71.3 cm³/mol. The van der Waals surface area contributed by atoms with E-state index < -0.39 is 0 Å². The molecule has 0 aromatic rings. The van der Waals surface area contributed by atoms with E-state index in [1.165, 1.54) is 19.3 Å². The number of carbonyl (C=O) groups is 1. The molecular formula is C16H26O2. The number of hydrogen-bond donors (Lipinski definition) is 0. The molecule has 3 fully saturated rings. The minimum atomic E-state index is -0.171. The van der Waals surface area contributed by atoms with Crippen LogP contribution in [0.4, 0.5) is 0 Å². The number of fused-ring (bicyclic) bond motifs is 3. The van der Waals surface area contributed by atoms with E-state index in [-0.39, 0.29) is 22.3 Å². The molecule has 1 heterocycles. The second-order valence-corrected chi connectivity index (χ2v) is 7.93. The van der Waals surface area contributed by atoms with Crippen LogP contribution in [0.25, 0.3) is 0 Å². The molecule has 3 aliphatic rings. The molecule has 18 heavy (non-hydrogen) atoms. The Kier molecular flexibility index (Phi) is 2.53. The summed E-state index contributed by atoms with van der Waals surface area (Å²) in [5.74, 6) is 1.29. The lowest BCUT2D eigenvalue weighted by Gasteiger charge is -2.59. The molecule has 1 aliphatic heterocycles. The summed E-state index contributed by atoms with van der Waals surface area (Å²) in [7, 11) is 0. The third-order valence-corrected chi connectivity index (χ3v) is 6.20. The summed E-state index contributed by atoms with van der Waals surface area (Å²) in [5.41, 5.74) is 0.173. The third-order valence-electron chi connectivity index (χ3n) is 6.20. The van der Waals surface area contributed by atoms with E-state index in [2.05, 4.69) is 27.7 Å². The van der Waals surface area contributed by atoms with Crippen molar-refractivity contribution in [1.82, 2.24) is 0 Å². The molecular weight excluding hydrogens is 224 g/mol. The zero-order valence-corrected chi connectivity index (χ0v) is 12.2. The van der Waals surface area contributed by atoms with Gasteiger partial charge in [0.25, 0.3) is 0 Å². The van der Waals surface area contributed by atoms with Crippen molar-refractivity contribution in [2.24, 2.45) is 22.7 Å². The number of Topliss-reactive ketones (excluding diaryl/α,β-unsaturated/α-hetero) is 1. The molecule has 0 unspecified atom stereocenters. The van der Waals surface area contributed by atoms with Gasteiger partial charge in [-0.1, -0.05) is 27.2 Å². The van der Waals surface area contributed by atoms with Gasteiger partial charge in [-0.15, -0.1) is 0 Å². The number of ether oxygens (including phenoxy) is 1. The Labute approximate surface area is 110 Å². The van der Waals surface area contributed by atoms with Gasteiger partial charge in [-0.2, -0.15) is 0 Å². The molecule has 0 N–H and O–H groups in total. The van der Waals surface area contributed by atoms with Crippen LogP contribution in [0.5, 0.6) is 0 Å². The van der Waals surface area contributed by atoms with Crippen molar-refractivity contribution in [2.45, 2.75) is 65.4 Å². The van der Waals surface area contributed by atoms with Crippen LogP contribution in [-0.2, 0) is 9.53 Å². The van der Waals surface area contributed by atoms with Crippen LogP contribution in [0, 0.1) is 22.7 Å². The van der Waals surface area contributed by atoms with Crippen LogP contribution in [0.15, 0.2) is 0 Å². The first-order chi connectivity index (χ1) is 8.30. The highest BCUT2D eigenvalue weighted by Crippen LogP contribution is 2.63. The summed E-state index contributed by atoms with van der Waals surface area (Å²) < 4.78 is 5.98. The first-order valence-corrected chi connectivity index (χ1v) is 7.46. The molecule has 2 saturated carbocycles. The summed E-state index contributed by atoms with van der Waals surface area (Å²) in [6.45, 7) is 9.98. The van der Waals surface area contributed by atoms with Gasteiger partial charge >= 0.3 is 0 Å². The maximum absolute atomic E-state index is 12.7. The molecule has 0 aromatic heterocycles. The van der Waals surface area contributed by atoms with Gasteiger partial charge in [0.2, 0.25) is 0 Å². The second kappa shape index (κ2) is 3.59. The molecule has 0 amide bonds. The van der Waals surface area contributed by atoms with E-state index in [0.717, 1.165) is 13.0 Å².